The number of carbonyl (C=O) groups excluding carboxylic acids is 2. The number of carbonyl (C=O) groups is 2. The Kier molecular flexibility index (Phi) is 3.84. The van der Waals surface area contributed by atoms with Gasteiger partial charge in [-0.1, -0.05) is 0 Å². The monoisotopic (exact) mass is 288 g/mol. The maximum Gasteiger partial charge on any atom is 0.317 e. The number of anilines is 1. The summed E-state index contributed by atoms with van der Waals surface area (Å²) >= 11 is 0. The van der Waals surface area contributed by atoms with Crippen molar-refractivity contribution in [3.8, 4) is 17.0 Å². The predicted octanol–water partition coefficient (Wildman–Crippen LogP) is 1.59. The van der Waals surface area contributed by atoms with Crippen LogP contribution in [0.4, 0.5) is 10.6 Å². The first-order chi connectivity index (χ1) is 9.92. The second-order valence-corrected chi connectivity index (χ2v) is 4.51. The number of nitrogens with one attached hydrogen (secondary N) is 2. The number of aromatic amines is 1. The number of aromatic nitrogens is 1. The van der Waals surface area contributed by atoms with Gasteiger partial charge in [-0.3, -0.25) is 10.1 Å². The molecular formula is C14H16N4O3. The van der Waals surface area contributed by atoms with Gasteiger partial charge in [-0.05, 0) is 42.3 Å². The fraction of sp³-hybridized carbons (Fsp3) is 0.143. The Hall–Kier alpha value is -2.96. The van der Waals surface area contributed by atoms with Gasteiger partial charge >= 0.3 is 6.03 Å². The van der Waals surface area contributed by atoms with Gasteiger partial charge in [0.15, 0.2) is 0 Å². The molecule has 0 fully saturated rings. The van der Waals surface area contributed by atoms with Crippen molar-refractivity contribution in [3.05, 3.63) is 35.4 Å². The van der Waals surface area contributed by atoms with E-state index in [9.17, 15) is 9.59 Å². The van der Waals surface area contributed by atoms with Crippen molar-refractivity contribution >= 4 is 17.8 Å². The van der Waals surface area contributed by atoms with Crippen LogP contribution >= 0.6 is 0 Å². The quantitative estimate of drug-likeness (QED) is 0.683. The molecule has 0 atom stereocenters. The van der Waals surface area contributed by atoms with E-state index in [1.54, 1.807) is 13.2 Å². The van der Waals surface area contributed by atoms with E-state index in [2.05, 4.69) is 10.3 Å². The molecule has 3 amide bonds. The summed E-state index contributed by atoms with van der Waals surface area (Å²) in [6.07, 6.45) is 0. The van der Waals surface area contributed by atoms with Gasteiger partial charge in [-0.15, -0.1) is 0 Å². The number of H-pyrrole nitrogens is 1. The molecule has 1 aromatic heterocycles. The third kappa shape index (κ3) is 2.97. The zero-order valence-corrected chi connectivity index (χ0v) is 11.7. The van der Waals surface area contributed by atoms with Crippen molar-refractivity contribution in [2.75, 3.05) is 12.4 Å². The van der Waals surface area contributed by atoms with Crippen LogP contribution in [0, 0.1) is 6.92 Å². The van der Waals surface area contributed by atoms with E-state index in [4.69, 9.17) is 16.2 Å². The third-order valence-corrected chi connectivity index (χ3v) is 3.04. The molecule has 1 heterocycles. The topological polar surface area (TPSA) is 123 Å². The van der Waals surface area contributed by atoms with Gasteiger partial charge in [-0.25, -0.2) is 4.79 Å². The van der Waals surface area contributed by atoms with Crippen LogP contribution in [-0.2, 0) is 0 Å². The molecule has 0 bridgehead atoms. The minimum atomic E-state index is -0.781. The van der Waals surface area contributed by atoms with Crippen molar-refractivity contribution in [3.63, 3.8) is 0 Å². The number of aryl methyl sites for hydroxylation is 1. The summed E-state index contributed by atoms with van der Waals surface area (Å²) in [6.45, 7) is 1.91. The molecule has 7 heteroatoms. The molecule has 2 rings (SSSR count). The molecule has 6 N–H and O–H groups in total. The summed E-state index contributed by atoms with van der Waals surface area (Å²) in [6, 6.07) is 6.32. The fourth-order valence-corrected chi connectivity index (χ4v) is 2.07. The maximum atomic E-state index is 11.4. The number of methoxy groups -OCH3 is 1. The summed E-state index contributed by atoms with van der Waals surface area (Å²) in [4.78, 5) is 25.3. The van der Waals surface area contributed by atoms with Gasteiger partial charge in [-0.2, -0.15) is 0 Å². The summed E-state index contributed by atoms with van der Waals surface area (Å²) < 4.78 is 5.20. The van der Waals surface area contributed by atoms with Crippen LogP contribution in [0.15, 0.2) is 24.3 Å². The number of hydrogen-bond acceptors (Lipinski definition) is 3. The number of hydrogen-bond donors (Lipinski definition) is 4. The van der Waals surface area contributed by atoms with Gasteiger partial charge < -0.3 is 21.2 Å². The van der Waals surface area contributed by atoms with Crippen LogP contribution in [0.25, 0.3) is 11.3 Å². The number of amides is 3. The lowest BCUT2D eigenvalue weighted by Gasteiger charge is -2.06. The van der Waals surface area contributed by atoms with E-state index in [0.717, 1.165) is 16.9 Å². The average molecular weight is 288 g/mol. The molecule has 0 unspecified atom stereocenters. The van der Waals surface area contributed by atoms with Crippen LogP contribution in [-0.4, -0.2) is 24.0 Å². The highest BCUT2D eigenvalue weighted by Crippen LogP contribution is 2.28. The molecule has 2 aromatic rings. The van der Waals surface area contributed by atoms with Crippen molar-refractivity contribution in [1.29, 1.82) is 0 Å². The molecule has 21 heavy (non-hydrogen) atoms. The van der Waals surface area contributed by atoms with E-state index < -0.39 is 11.9 Å². The number of primary amides is 2. The van der Waals surface area contributed by atoms with E-state index in [-0.39, 0.29) is 11.4 Å². The van der Waals surface area contributed by atoms with Crippen LogP contribution in [0.3, 0.4) is 0 Å². The Bertz CT molecular complexity index is 706. The van der Waals surface area contributed by atoms with E-state index in [1.807, 2.05) is 25.1 Å². The predicted molar refractivity (Wildman–Crippen MR) is 79.2 cm³/mol. The fourth-order valence-electron chi connectivity index (χ4n) is 2.07. The number of benzene rings is 1. The number of ether oxygens (including phenoxy) is 1. The standard InChI is InChI=1S/C14H16N4O3/c1-7-5-8(3-4-11(7)21-2)10-6-9(12(15)19)13(17-10)18-14(16)20/h3-6,17H,1-2H3,(H2,15,19)(H3,16,18,20). The smallest absolute Gasteiger partial charge is 0.317 e. The van der Waals surface area contributed by atoms with Crippen LogP contribution in [0.5, 0.6) is 5.75 Å². The normalized spacial score (nSPS) is 10.2. The highest BCUT2D eigenvalue weighted by atomic mass is 16.5. The maximum absolute atomic E-state index is 11.4. The van der Waals surface area contributed by atoms with Crippen molar-refractivity contribution in [2.24, 2.45) is 11.5 Å². The second-order valence-electron chi connectivity index (χ2n) is 4.51. The largest absolute Gasteiger partial charge is 0.496 e. The zero-order chi connectivity index (χ0) is 15.6. The van der Waals surface area contributed by atoms with Gasteiger partial charge in [0.05, 0.1) is 12.7 Å². The van der Waals surface area contributed by atoms with E-state index in [1.165, 1.54) is 0 Å². The van der Waals surface area contributed by atoms with Gasteiger partial charge in [0, 0.05) is 5.69 Å². The molecule has 0 spiro atoms. The van der Waals surface area contributed by atoms with E-state index in [0.29, 0.717) is 5.69 Å². The van der Waals surface area contributed by atoms with Gasteiger partial charge in [0.2, 0.25) is 0 Å². The first kappa shape index (κ1) is 14.4. The zero-order valence-electron chi connectivity index (χ0n) is 11.7. The molecule has 7 nitrogen and oxygen atoms in total. The molecule has 0 aliphatic heterocycles. The average Bonchev–Trinajstić information content (AvgIpc) is 2.81. The minimum absolute atomic E-state index is 0.164. The Morgan fingerprint density at radius 2 is 1.95 bits per heavy atom. The van der Waals surface area contributed by atoms with E-state index >= 15 is 0 Å². The Morgan fingerprint density at radius 3 is 2.48 bits per heavy atom. The lowest BCUT2D eigenvalue weighted by Crippen LogP contribution is -2.22. The van der Waals surface area contributed by atoms with Gasteiger partial charge in [0.1, 0.15) is 11.6 Å². The molecule has 0 aliphatic rings. The SMILES string of the molecule is COc1ccc(-c2cc(C(N)=O)c(NC(N)=O)[nH]2)cc1C. The molecule has 1 aromatic carbocycles. The Balaban J connectivity index is 2.47. The van der Waals surface area contributed by atoms with Crippen LogP contribution in [0.2, 0.25) is 0 Å². The summed E-state index contributed by atoms with van der Waals surface area (Å²) in [5.41, 5.74) is 12.9. The molecule has 0 saturated carbocycles. The second kappa shape index (κ2) is 5.58. The summed E-state index contributed by atoms with van der Waals surface area (Å²) in [5.74, 6) is 0.279. The molecule has 0 saturated heterocycles. The molecule has 0 radical (unpaired) electrons. The number of urea groups is 1. The van der Waals surface area contributed by atoms with Crippen molar-refractivity contribution in [2.45, 2.75) is 6.92 Å². The molecular weight excluding hydrogens is 272 g/mol. The van der Waals surface area contributed by atoms with Crippen molar-refractivity contribution < 1.29 is 14.3 Å². The first-order valence-electron chi connectivity index (χ1n) is 6.16. The van der Waals surface area contributed by atoms with Crippen molar-refractivity contribution in [1.82, 2.24) is 4.98 Å². The van der Waals surface area contributed by atoms with Gasteiger partial charge in [0.25, 0.3) is 5.91 Å². The number of nitrogens with two attached hydrogens (primary N) is 2. The first-order valence-corrected chi connectivity index (χ1v) is 6.16. The molecule has 110 valence electrons. The Morgan fingerprint density at radius 1 is 1.24 bits per heavy atom. The number of rotatable bonds is 4. The highest BCUT2D eigenvalue weighted by molar-refractivity contribution is 6.03. The Labute approximate surface area is 121 Å². The lowest BCUT2D eigenvalue weighted by atomic mass is 10.1. The molecule has 0 aliphatic carbocycles. The summed E-state index contributed by atoms with van der Waals surface area (Å²) in [7, 11) is 1.59. The summed E-state index contributed by atoms with van der Waals surface area (Å²) in [5, 5.41) is 2.34. The van der Waals surface area contributed by atoms with Crippen LogP contribution < -0.4 is 21.5 Å². The highest BCUT2D eigenvalue weighted by Gasteiger charge is 2.15. The third-order valence-electron chi connectivity index (χ3n) is 3.04. The minimum Gasteiger partial charge on any atom is -0.496 e. The lowest BCUT2D eigenvalue weighted by molar-refractivity contribution is 0.100. The van der Waals surface area contributed by atoms with Crippen LogP contribution in [0.1, 0.15) is 15.9 Å².